The molecule has 522 valence electrons. The quantitative estimate of drug-likeness (QED) is 0.0204. The summed E-state index contributed by atoms with van der Waals surface area (Å²) in [6, 6.07) is -0.935. The van der Waals surface area contributed by atoms with Gasteiger partial charge < -0.3 is 65.1 Å². The van der Waals surface area contributed by atoms with Crippen LogP contribution in [0.2, 0.25) is 0 Å². The zero-order chi connectivity index (χ0) is 65.2. The van der Waals surface area contributed by atoms with Gasteiger partial charge in [0, 0.05) is 6.42 Å². The van der Waals surface area contributed by atoms with E-state index in [4.69, 9.17) is 18.9 Å². The molecule has 2 aliphatic rings. The van der Waals surface area contributed by atoms with Crippen LogP contribution in [0.3, 0.4) is 0 Å². The second-order valence-corrected chi connectivity index (χ2v) is 25.7. The maximum absolute atomic E-state index is 13.3. The van der Waals surface area contributed by atoms with Crippen molar-refractivity contribution in [2.75, 3.05) is 19.8 Å². The van der Waals surface area contributed by atoms with Crippen molar-refractivity contribution in [1.82, 2.24) is 5.32 Å². The van der Waals surface area contributed by atoms with Gasteiger partial charge in [0.1, 0.15) is 48.8 Å². The Morgan fingerprint density at radius 1 is 0.411 bits per heavy atom. The topological polar surface area (TPSA) is 228 Å². The minimum absolute atomic E-state index is 0.247. The number of amides is 1. The summed E-state index contributed by atoms with van der Waals surface area (Å²) in [5.74, 6) is -0.247. The number of hydrogen-bond donors (Lipinski definition) is 9. The Morgan fingerprint density at radius 2 is 0.778 bits per heavy atom. The predicted molar refractivity (Wildman–Crippen MR) is 369 cm³/mol. The van der Waals surface area contributed by atoms with Crippen molar-refractivity contribution in [2.24, 2.45) is 0 Å². The maximum Gasteiger partial charge on any atom is 0.220 e. The van der Waals surface area contributed by atoms with Gasteiger partial charge in [0.2, 0.25) is 5.91 Å². The fourth-order valence-electron chi connectivity index (χ4n) is 11.7. The molecule has 2 saturated heterocycles. The standard InChI is InChI=1S/C76H135NO13/c1-3-5-7-9-11-13-15-17-19-21-23-25-26-27-28-29-30-31-32-33-34-35-36-37-38-40-42-44-46-48-50-52-54-56-58-60-68(81)77-64(65(80)59-57-55-53-51-49-47-45-43-41-39-24-22-20-18-16-14-12-10-8-6-4-2)63-87-75-73(86)71(84)74(67(62-79)89-75)90-76-72(85)70(83)69(82)66(61-78)88-76/h5,7,11,13,17,19,23,25,27-28,49,51,57,59,64-67,69-76,78-80,82-86H,3-4,6,8-10,12,14-16,18,20-22,24,26,29-48,50,52-56,58,60-63H2,1-2H3,(H,77,81)/b7-5-,13-11-,19-17-,25-23-,28-27-,51-49+,59-57+. The molecule has 2 aliphatic heterocycles. The van der Waals surface area contributed by atoms with Crippen molar-refractivity contribution in [3.8, 4) is 0 Å². The van der Waals surface area contributed by atoms with E-state index in [1.165, 1.54) is 199 Å². The molecule has 0 radical (unpaired) electrons. The van der Waals surface area contributed by atoms with Crippen LogP contribution in [0.1, 0.15) is 296 Å². The average Bonchev–Trinajstić information content (AvgIpc) is 1.28. The highest BCUT2D eigenvalue weighted by molar-refractivity contribution is 5.76. The van der Waals surface area contributed by atoms with Crippen molar-refractivity contribution in [2.45, 2.75) is 370 Å². The Hall–Kier alpha value is -2.83. The van der Waals surface area contributed by atoms with Crippen LogP contribution in [0.15, 0.2) is 85.1 Å². The highest BCUT2D eigenvalue weighted by atomic mass is 16.7. The molecular weight excluding hydrogens is 1130 g/mol. The molecule has 2 rings (SSSR count). The van der Waals surface area contributed by atoms with Crippen LogP contribution in [0.25, 0.3) is 0 Å². The van der Waals surface area contributed by atoms with Gasteiger partial charge in [-0.1, -0.05) is 298 Å². The van der Waals surface area contributed by atoms with E-state index in [0.29, 0.717) is 12.8 Å². The molecule has 12 atom stereocenters. The normalized spacial score (nSPS) is 23.4. The highest BCUT2D eigenvalue weighted by Gasteiger charge is 2.51. The number of hydrogen-bond acceptors (Lipinski definition) is 13. The van der Waals surface area contributed by atoms with E-state index >= 15 is 0 Å². The number of nitrogens with one attached hydrogen (secondary N) is 1. The Bertz CT molecular complexity index is 1830. The second kappa shape index (κ2) is 59.9. The fraction of sp³-hybridized carbons (Fsp3) is 0.803. The lowest BCUT2D eigenvalue weighted by atomic mass is 9.97. The van der Waals surface area contributed by atoms with Crippen molar-refractivity contribution < 1.29 is 64.6 Å². The number of unbranched alkanes of at least 4 members (excludes halogenated alkanes) is 35. The summed E-state index contributed by atoms with van der Waals surface area (Å²) in [5, 5.41) is 87.5. The average molecular weight is 1270 g/mol. The fourth-order valence-corrected chi connectivity index (χ4v) is 11.7. The molecule has 0 aliphatic carbocycles. The van der Waals surface area contributed by atoms with Gasteiger partial charge in [0.05, 0.1) is 32.0 Å². The van der Waals surface area contributed by atoms with Gasteiger partial charge in [-0.2, -0.15) is 0 Å². The third kappa shape index (κ3) is 43.2. The smallest absolute Gasteiger partial charge is 0.220 e. The Morgan fingerprint density at radius 3 is 1.22 bits per heavy atom. The number of aliphatic hydroxyl groups is 8. The molecule has 0 aromatic rings. The summed E-state index contributed by atoms with van der Waals surface area (Å²) in [5.41, 5.74) is 0. The van der Waals surface area contributed by atoms with Gasteiger partial charge in [-0.25, -0.2) is 0 Å². The van der Waals surface area contributed by atoms with Crippen LogP contribution in [-0.2, 0) is 23.7 Å². The third-order valence-corrected chi connectivity index (χ3v) is 17.6. The van der Waals surface area contributed by atoms with Crippen LogP contribution in [0.5, 0.6) is 0 Å². The minimum atomic E-state index is -1.79. The summed E-state index contributed by atoms with van der Waals surface area (Å²) < 4.78 is 22.9. The molecule has 0 saturated carbocycles. The molecule has 1 amide bonds. The first kappa shape index (κ1) is 83.3. The SMILES string of the molecule is CC/C=C\C/C=C\C/C=C\C/C=C\C/C=C\CCCCCCCCCCCCCCCCCCCCCC(=O)NC(COC1OC(CO)C(OC2OC(CO)C(O)C(O)C2O)C(O)C1O)C(O)/C=C/CC/C=C/CCCCCCCCCCCCCCCCC. The van der Waals surface area contributed by atoms with Gasteiger partial charge in [-0.3, -0.25) is 4.79 Å². The molecule has 14 heteroatoms. The summed E-state index contributed by atoms with van der Waals surface area (Å²) in [6.45, 7) is 2.70. The number of carbonyl (C=O) groups excluding carboxylic acids is 1. The largest absolute Gasteiger partial charge is 0.394 e. The summed E-state index contributed by atoms with van der Waals surface area (Å²) >= 11 is 0. The van der Waals surface area contributed by atoms with E-state index in [9.17, 15) is 45.6 Å². The monoisotopic (exact) mass is 1270 g/mol. The van der Waals surface area contributed by atoms with Crippen molar-refractivity contribution in [3.05, 3.63) is 85.1 Å². The van der Waals surface area contributed by atoms with Gasteiger partial charge in [-0.05, 0) is 77.0 Å². The van der Waals surface area contributed by atoms with Crippen LogP contribution in [-0.4, -0.2) is 140 Å². The molecule has 0 aromatic heterocycles. The zero-order valence-electron chi connectivity index (χ0n) is 56.9. The molecule has 90 heavy (non-hydrogen) atoms. The van der Waals surface area contributed by atoms with E-state index in [-0.39, 0.29) is 18.9 Å². The van der Waals surface area contributed by atoms with Gasteiger partial charge >= 0.3 is 0 Å². The molecular formula is C76H135NO13. The highest BCUT2D eigenvalue weighted by Crippen LogP contribution is 2.30. The lowest BCUT2D eigenvalue weighted by Crippen LogP contribution is -2.65. The number of rotatable bonds is 60. The summed E-state index contributed by atoms with van der Waals surface area (Å²) in [7, 11) is 0. The van der Waals surface area contributed by atoms with Gasteiger partial charge in [0.15, 0.2) is 12.6 Å². The molecule has 2 fully saturated rings. The van der Waals surface area contributed by atoms with E-state index in [1.54, 1.807) is 6.08 Å². The molecule has 9 N–H and O–H groups in total. The van der Waals surface area contributed by atoms with Crippen LogP contribution >= 0.6 is 0 Å². The Labute approximate surface area is 548 Å². The predicted octanol–water partition coefficient (Wildman–Crippen LogP) is 15.6. The molecule has 12 unspecified atom stereocenters. The summed E-state index contributed by atoms with van der Waals surface area (Å²) in [6.07, 6.45) is 66.5. The van der Waals surface area contributed by atoms with E-state index in [2.05, 4.69) is 92.1 Å². The van der Waals surface area contributed by atoms with Crippen molar-refractivity contribution >= 4 is 5.91 Å². The third-order valence-electron chi connectivity index (χ3n) is 17.6. The van der Waals surface area contributed by atoms with Crippen LogP contribution < -0.4 is 5.32 Å². The van der Waals surface area contributed by atoms with Crippen LogP contribution in [0.4, 0.5) is 0 Å². The first-order chi connectivity index (χ1) is 44.1. The minimum Gasteiger partial charge on any atom is -0.394 e. The lowest BCUT2D eigenvalue weighted by Gasteiger charge is -2.46. The first-order valence-electron chi connectivity index (χ1n) is 36.8. The van der Waals surface area contributed by atoms with E-state index in [0.717, 1.165) is 64.2 Å². The molecule has 0 aromatic carbocycles. The zero-order valence-corrected chi connectivity index (χ0v) is 56.9. The summed E-state index contributed by atoms with van der Waals surface area (Å²) in [4.78, 5) is 13.3. The van der Waals surface area contributed by atoms with Crippen molar-refractivity contribution in [3.63, 3.8) is 0 Å². The second-order valence-electron chi connectivity index (χ2n) is 25.7. The molecule has 0 bridgehead atoms. The van der Waals surface area contributed by atoms with Crippen LogP contribution in [0, 0.1) is 0 Å². The molecule has 14 nitrogen and oxygen atoms in total. The maximum atomic E-state index is 13.3. The van der Waals surface area contributed by atoms with E-state index in [1.807, 2.05) is 6.08 Å². The Kier molecular flexibility index (Phi) is 55.4. The Balaban J connectivity index is 1.64. The number of allylic oxidation sites excluding steroid dienone is 13. The van der Waals surface area contributed by atoms with Gasteiger partial charge in [0.25, 0.3) is 0 Å². The molecule has 2 heterocycles. The van der Waals surface area contributed by atoms with Gasteiger partial charge in [-0.15, -0.1) is 0 Å². The lowest BCUT2D eigenvalue weighted by molar-refractivity contribution is -0.359. The number of carbonyl (C=O) groups is 1. The molecule has 0 spiro atoms. The number of aliphatic hydroxyl groups excluding tert-OH is 8. The van der Waals surface area contributed by atoms with E-state index < -0.39 is 86.8 Å². The van der Waals surface area contributed by atoms with Crippen molar-refractivity contribution in [1.29, 1.82) is 0 Å². The first-order valence-corrected chi connectivity index (χ1v) is 36.8. The number of ether oxygens (including phenoxy) is 4.